The highest BCUT2D eigenvalue weighted by molar-refractivity contribution is 6.25. The molecule has 0 unspecified atom stereocenters. The van der Waals surface area contributed by atoms with Gasteiger partial charge < -0.3 is 9.32 Å². The number of benzene rings is 9. The molecule has 0 aliphatic rings. The fraction of sp³-hybridized carbons (Fsp3) is 0. The summed E-state index contributed by atoms with van der Waals surface area (Å²) >= 11 is 0. The third-order valence-electron chi connectivity index (χ3n) is 11.5. The van der Waals surface area contributed by atoms with E-state index in [2.05, 4.69) is 211 Å². The highest BCUT2D eigenvalue weighted by atomic mass is 16.3. The minimum absolute atomic E-state index is 0.855. The van der Waals surface area contributed by atoms with Crippen LogP contribution in [0.5, 0.6) is 0 Å². The summed E-state index contributed by atoms with van der Waals surface area (Å²) in [5.41, 5.74) is 16.1. The Morgan fingerprint density at radius 2 is 0.850 bits per heavy atom. The minimum atomic E-state index is 0.855. The number of hydrogen-bond acceptors (Lipinski definition) is 3. The van der Waals surface area contributed by atoms with Crippen LogP contribution >= 0.6 is 0 Å². The smallest absolute Gasteiger partial charge is 0.143 e. The monoisotopic (exact) mass is 766 g/mol. The quantitative estimate of drug-likeness (QED) is 0.154. The zero-order valence-corrected chi connectivity index (χ0v) is 32.7. The fourth-order valence-electron chi connectivity index (χ4n) is 8.56. The van der Waals surface area contributed by atoms with Crippen LogP contribution in [0.2, 0.25) is 0 Å². The first-order chi connectivity index (χ1) is 29.7. The average molecular weight is 767 g/mol. The summed E-state index contributed by atoms with van der Waals surface area (Å²) in [5, 5.41) is 4.54. The Morgan fingerprint density at radius 1 is 0.350 bits per heavy atom. The molecule has 0 spiro atoms. The molecule has 9 aromatic carbocycles. The topological polar surface area (TPSA) is 29.3 Å². The number of aromatic nitrogens is 1. The van der Waals surface area contributed by atoms with E-state index in [-0.39, 0.29) is 0 Å². The number of nitrogens with zero attached hydrogens (tertiary/aromatic N) is 2. The lowest BCUT2D eigenvalue weighted by Gasteiger charge is -2.26. The number of rotatable bonds is 8. The molecule has 0 aliphatic heterocycles. The fourth-order valence-corrected chi connectivity index (χ4v) is 8.56. The Labute approximate surface area is 349 Å². The first kappa shape index (κ1) is 35.2. The van der Waals surface area contributed by atoms with E-state index < -0.39 is 0 Å². The third-order valence-corrected chi connectivity index (χ3v) is 11.5. The summed E-state index contributed by atoms with van der Waals surface area (Å²) in [6.07, 6.45) is 1.98. The van der Waals surface area contributed by atoms with Crippen molar-refractivity contribution in [2.45, 2.75) is 0 Å². The van der Waals surface area contributed by atoms with Crippen molar-refractivity contribution in [3.8, 4) is 55.8 Å². The molecule has 0 bridgehead atoms. The van der Waals surface area contributed by atoms with Crippen molar-refractivity contribution in [2.24, 2.45) is 0 Å². The molecule has 11 aromatic rings. The van der Waals surface area contributed by atoms with Gasteiger partial charge in [0.2, 0.25) is 0 Å². The van der Waals surface area contributed by atoms with Crippen LogP contribution in [0.1, 0.15) is 0 Å². The second kappa shape index (κ2) is 15.1. The normalized spacial score (nSPS) is 11.3. The van der Waals surface area contributed by atoms with Crippen LogP contribution in [0.15, 0.2) is 235 Å². The first-order valence-corrected chi connectivity index (χ1v) is 20.4. The SMILES string of the molecule is c1ccc(-c2ccc(N(c3ccc(-c4ccccc4)cc3)c3ccc(-c4cc5ccccc5c5c4oc4cccc(-c6ccc(-c7ccccc7)nc6)c45)cc3)cc2)cc1. The second-order valence-corrected chi connectivity index (χ2v) is 15.1. The molecule has 0 fully saturated rings. The summed E-state index contributed by atoms with van der Waals surface area (Å²) in [5.74, 6) is 0. The number of hydrogen-bond donors (Lipinski definition) is 0. The van der Waals surface area contributed by atoms with Gasteiger partial charge in [-0.25, -0.2) is 0 Å². The Kier molecular flexibility index (Phi) is 8.83. The van der Waals surface area contributed by atoms with Crippen LogP contribution in [-0.2, 0) is 0 Å². The minimum Gasteiger partial charge on any atom is -0.455 e. The van der Waals surface area contributed by atoms with Crippen molar-refractivity contribution in [1.29, 1.82) is 0 Å². The molecule has 3 nitrogen and oxygen atoms in total. The second-order valence-electron chi connectivity index (χ2n) is 15.1. The van der Waals surface area contributed by atoms with Gasteiger partial charge in [-0.05, 0) is 98.8 Å². The van der Waals surface area contributed by atoms with Crippen molar-refractivity contribution in [3.05, 3.63) is 231 Å². The van der Waals surface area contributed by atoms with E-state index in [9.17, 15) is 0 Å². The standard InChI is InChI=1S/C57H38N2O/c1-4-13-39(14-5-1)41-23-30-47(31-24-41)59(48-32-25-42(26-33-48)40-15-6-2-7-16-40)49-34-27-43(28-35-49)52-37-45-19-10-11-20-50(45)56-55-51(21-12-22-54(55)60-57(52)56)46-29-36-53(58-38-46)44-17-8-3-9-18-44/h1-38H. The van der Waals surface area contributed by atoms with Gasteiger partial charge >= 0.3 is 0 Å². The molecule has 3 heteroatoms. The van der Waals surface area contributed by atoms with Gasteiger partial charge in [-0.1, -0.05) is 170 Å². The van der Waals surface area contributed by atoms with E-state index in [1.165, 1.54) is 22.3 Å². The average Bonchev–Trinajstić information content (AvgIpc) is 3.74. The van der Waals surface area contributed by atoms with Crippen LogP contribution < -0.4 is 4.90 Å². The van der Waals surface area contributed by atoms with Gasteiger partial charge in [-0.3, -0.25) is 4.98 Å². The Bertz CT molecular complexity index is 3160. The maximum atomic E-state index is 6.88. The lowest BCUT2D eigenvalue weighted by Crippen LogP contribution is -2.09. The molecule has 2 aromatic heterocycles. The predicted molar refractivity (Wildman–Crippen MR) is 251 cm³/mol. The van der Waals surface area contributed by atoms with E-state index in [4.69, 9.17) is 9.40 Å². The summed E-state index contributed by atoms with van der Waals surface area (Å²) in [6, 6.07) is 79.5. The maximum Gasteiger partial charge on any atom is 0.143 e. The lowest BCUT2D eigenvalue weighted by atomic mass is 9.93. The summed E-state index contributed by atoms with van der Waals surface area (Å²) < 4.78 is 6.88. The van der Waals surface area contributed by atoms with E-state index in [1.807, 2.05) is 24.4 Å². The van der Waals surface area contributed by atoms with Crippen molar-refractivity contribution < 1.29 is 4.42 Å². The molecule has 0 atom stereocenters. The molecule has 0 N–H and O–H groups in total. The van der Waals surface area contributed by atoms with Crippen LogP contribution in [0.3, 0.4) is 0 Å². The van der Waals surface area contributed by atoms with Gasteiger partial charge in [0.05, 0.1) is 5.69 Å². The number of pyridine rings is 1. The summed E-state index contributed by atoms with van der Waals surface area (Å²) in [6.45, 7) is 0. The first-order valence-electron chi connectivity index (χ1n) is 20.4. The third kappa shape index (κ3) is 6.39. The number of anilines is 3. The molecule has 0 amide bonds. The molecule has 0 saturated carbocycles. The zero-order chi connectivity index (χ0) is 39.8. The van der Waals surface area contributed by atoms with Gasteiger partial charge in [-0.15, -0.1) is 0 Å². The van der Waals surface area contributed by atoms with E-state index >= 15 is 0 Å². The van der Waals surface area contributed by atoms with Gasteiger partial charge in [0, 0.05) is 50.7 Å². The maximum absolute atomic E-state index is 6.88. The van der Waals surface area contributed by atoms with Gasteiger partial charge in [0.15, 0.2) is 0 Å². The van der Waals surface area contributed by atoms with Crippen LogP contribution in [-0.4, -0.2) is 4.98 Å². The molecule has 11 rings (SSSR count). The molecule has 60 heavy (non-hydrogen) atoms. The van der Waals surface area contributed by atoms with Gasteiger partial charge in [0.25, 0.3) is 0 Å². The van der Waals surface area contributed by atoms with E-state index in [1.54, 1.807) is 0 Å². The van der Waals surface area contributed by atoms with E-state index in [0.717, 1.165) is 83.3 Å². The van der Waals surface area contributed by atoms with Crippen molar-refractivity contribution in [3.63, 3.8) is 0 Å². The summed E-state index contributed by atoms with van der Waals surface area (Å²) in [4.78, 5) is 7.22. The molecular weight excluding hydrogens is 729 g/mol. The molecule has 2 heterocycles. The highest BCUT2D eigenvalue weighted by Crippen LogP contribution is 2.45. The molecular formula is C57H38N2O. The molecule has 0 aliphatic carbocycles. The number of furan rings is 1. The predicted octanol–water partition coefficient (Wildman–Crippen LogP) is 15.9. The zero-order valence-electron chi connectivity index (χ0n) is 32.7. The van der Waals surface area contributed by atoms with Gasteiger partial charge in [-0.2, -0.15) is 0 Å². The Hall–Kier alpha value is -8.01. The van der Waals surface area contributed by atoms with Crippen LogP contribution in [0.25, 0.3) is 88.5 Å². The lowest BCUT2D eigenvalue weighted by molar-refractivity contribution is 0.670. The van der Waals surface area contributed by atoms with Crippen LogP contribution in [0, 0.1) is 0 Å². The van der Waals surface area contributed by atoms with Crippen molar-refractivity contribution in [1.82, 2.24) is 4.98 Å². The van der Waals surface area contributed by atoms with E-state index in [0.29, 0.717) is 0 Å². The summed E-state index contributed by atoms with van der Waals surface area (Å²) in [7, 11) is 0. The molecule has 0 saturated heterocycles. The Morgan fingerprint density at radius 3 is 1.42 bits per heavy atom. The van der Waals surface area contributed by atoms with Crippen molar-refractivity contribution >= 4 is 49.8 Å². The van der Waals surface area contributed by atoms with Crippen LogP contribution in [0.4, 0.5) is 17.1 Å². The largest absolute Gasteiger partial charge is 0.455 e. The van der Waals surface area contributed by atoms with Gasteiger partial charge in [0.1, 0.15) is 11.2 Å². The molecule has 0 radical (unpaired) electrons. The Balaban J connectivity index is 1.02. The van der Waals surface area contributed by atoms with Crippen molar-refractivity contribution in [2.75, 3.05) is 4.90 Å². The number of fused-ring (bicyclic) bond motifs is 5. The highest BCUT2D eigenvalue weighted by Gasteiger charge is 2.20. The molecule has 282 valence electrons.